The Kier molecular flexibility index (Phi) is 4.46. The summed E-state index contributed by atoms with van der Waals surface area (Å²) in [4.78, 5) is 12.0. The Bertz CT molecular complexity index is 805. The molecule has 1 N–H and O–H groups in total. The maximum atomic E-state index is 13.2. The van der Waals surface area contributed by atoms with Crippen LogP contribution in [0, 0.1) is 11.6 Å². The number of nitrogens with one attached hydrogen (secondary N) is 1. The van der Waals surface area contributed by atoms with Crippen LogP contribution in [0.25, 0.3) is 6.08 Å². The van der Waals surface area contributed by atoms with Crippen molar-refractivity contribution < 1.29 is 23.0 Å². The van der Waals surface area contributed by atoms with E-state index in [2.05, 4.69) is 5.32 Å². The molecule has 0 aliphatic carbocycles. The third-order valence-electron chi connectivity index (χ3n) is 3.63. The molecule has 1 heterocycles. The highest BCUT2D eigenvalue weighted by Crippen LogP contribution is 2.32. The van der Waals surface area contributed by atoms with Crippen LogP contribution in [0.1, 0.15) is 24.1 Å². The van der Waals surface area contributed by atoms with Gasteiger partial charge in [-0.1, -0.05) is 12.1 Å². The smallest absolute Gasteiger partial charge is 0.244 e. The lowest BCUT2D eigenvalue weighted by Gasteiger charge is -2.13. The number of fused-ring (bicyclic) bond motifs is 1. The average molecular weight is 331 g/mol. The minimum atomic E-state index is -0.940. The first-order chi connectivity index (χ1) is 11.5. The Labute approximate surface area is 137 Å². The van der Waals surface area contributed by atoms with Gasteiger partial charge in [-0.25, -0.2) is 8.78 Å². The molecule has 24 heavy (non-hydrogen) atoms. The molecular weight excluding hydrogens is 316 g/mol. The monoisotopic (exact) mass is 331 g/mol. The second-order valence-corrected chi connectivity index (χ2v) is 5.35. The SMILES string of the molecule is CC(NC(=O)/C=C/c1ccc2c(c1)OCO2)c1ccc(F)c(F)c1. The summed E-state index contributed by atoms with van der Waals surface area (Å²) in [5.74, 6) is -0.898. The molecule has 2 aromatic rings. The molecule has 1 atom stereocenters. The van der Waals surface area contributed by atoms with Crippen LogP contribution in [-0.2, 0) is 4.79 Å². The molecule has 0 saturated heterocycles. The van der Waals surface area contributed by atoms with Crippen LogP contribution in [0.4, 0.5) is 8.78 Å². The van der Waals surface area contributed by atoms with Gasteiger partial charge in [0.2, 0.25) is 12.7 Å². The quantitative estimate of drug-likeness (QED) is 0.871. The largest absolute Gasteiger partial charge is 0.454 e. The lowest BCUT2D eigenvalue weighted by Crippen LogP contribution is -2.24. The van der Waals surface area contributed by atoms with E-state index in [0.29, 0.717) is 17.1 Å². The van der Waals surface area contributed by atoms with Crippen LogP contribution in [0.15, 0.2) is 42.5 Å². The van der Waals surface area contributed by atoms with Gasteiger partial charge in [0.25, 0.3) is 0 Å². The minimum Gasteiger partial charge on any atom is -0.454 e. The minimum absolute atomic E-state index is 0.189. The summed E-state index contributed by atoms with van der Waals surface area (Å²) in [5, 5.41) is 2.69. The van der Waals surface area contributed by atoms with Gasteiger partial charge in [-0.3, -0.25) is 4.79 Å². The number of rotatable bonds is 4. The molecule has 124 valence electrons. The molecule has 2 aromatic carbocycles. The zero-order chi connectivity index (χ0) is 17.1. The number of amides is 1. The standard InChI is InChI=1S/C18H15F2NO3/c1-11(13-4-5-14(19)15(20)9-13)21-18(22)7-3-12-2-6-16-17(8-12)24-10-23-16/h2-9,11H,10H2,1H3,(H,21,22)/b7-3+. The van der Waals surface area contributed by atoms with E-state index in [1.165, 1.54) is 12.1 Å². The molecule has 0 aromatic heterocycles. The molecule has 4 nitrogen and oxygen atoms in total. The van der Waals surface area contributed by atoms with Crippen molar-refractivity contribution in [1.82, 2.24) is 5.32 Å². The van der Waals surface area contributed by atoms with E-state index in [9.17, 15) is 13.6 Å². The highest BCUT2D eigenvalue weighted by Gasteiger charge is 2.13. The Morgan fingerprint density at radius 2 is 1.92 bits per heavy atom. The number of carbonyl (C=O) groups excluding carboxylic acids is 1. The fourth-order valence-electron chi connectivity index (χ4n) is 2.32. The average Bonchev–Trinajstić information content (AvgIpc) is 3.03. The van der Waals surface area contributed by atoms with Crippen molar-refractivity contribution in [2.45, 2.75) is 13.0 Å². The van der Waals surface area contributed by atoms with Crippen LogP contribution in [-0.4, -0.2) is 12.7 Å². The van der Waals surface area contributed by atoms with Gasteiger partial charge in [0, 0.05) is 6.08 Å². The second-order valence-electron chi connectivity index (χ2n) is 5.35. The third kappa shape index (κ3) is 3.53. The molecule has 0 radical (unpaired) electrons. The molecule has 0 fully saturated rings. The highest BCUT2D eigenvalue weighted by molar-refractivity contribution is 5.92. The van der Waals surface area contributed by atoms with Gasteiger partial charge >= 0.3 is 0 Å². The van der Waals surface area contributed by atoms with Crippen molar-refractivity contribution >= 4 is 12.0 Å². The normalized spacial score (nSPS) is 14.0. The molecule has 1 aliphatic rings. The van der Waals surface area contributed by atoms with Crippen molar-refractivity contribution in [2.24, 2.45) is 0 Å². The Hall–Kier alpha value is -2.89. The molecule has 0 spiro atoms. The fraction of sp³-hybridized carbons (Fsp3) is 0.167. The summed E-state index contributed by atoms with van der Waals surface area (Å²) >= 11 is 0. The second kappa shape index (κ2) is 6.70. The van der Waals surface area contributed by atoms with Gasteiger partial charge in [0.1, 0.15) is 0 Å². The summed E-state index contributed by atoms with van der Waals surface area (Å²) in [6.07, 6.45) is 3.00. The van der Waals surface area contributed by atoms with Crippen LogP contribution in [0.3, 0.4) is 0 Å². The first kappa shape index (κ1) is 16.0. The first-order valence-electron chi connectivity index (χ1n) is 7.36. The molecule has 1 amide bonds. The van der Waals surface area contributed by atoms with Gasteiger partial charge in [-0.2, -0.15) is 0 Å². The van der Waals surface area contributed by atoms with Crippen LogP contribution in [0.5, 0.6) is 11.5 Å². The van der Waals surface area contributed by atoms with Crippen LogP contribution < -0.4 is 14.8 Å². The predicted molar refractivity (Wildman–Crippen MR) is 84.5 cm³/mol. The summed E-state index contributed by atoms with van der Waals surface area (Å²) in [6, 6.07) is 8.43. The Balaban J connectivity index is 1.63. The van der Waals surface area contributed by atoms with Gasteiger partial charge in [0.15, 0.2) is 23.1 Å². The number of ether oxygens (including phenoxy) is 2. The van der Waals surface area contributed by atoms with Crippen LogP contribution >= 0.6 is 0 Å². The van der Waals surface area contributed by atoms with Crippen molar-refractivity contribution in [3.8, 4) is 11.5 Å². The molecule has 1 unspecified atom stereocenters. The van der Waals surface area contributed by atoms with E-state index >= 15 is 0 Å². The predicted octanol–water partition coefficient (Wildman–Crippen LogP) is 3.58. The molecule has 3 rings (SSSR count). The molecule has 0 bridgehead atoms. The number of halogens is 2. The summed E-state index contributed by atoms with van der Waals surface area (Å²) in [5.41, 5.74) is 1.27. The van der Waals surface area contributed by atoms with E-state index in [1.807, 2.05) is 0 Å². The zero-order valence-electron chi connectivity index (χ0n) is 12.9. The number of hydrogen-bond acceptors (Lipinski definition) is 3. The van der Waals surface area contributed by atoms with Gasteiger partial charge in [0.05, 0.1) is 6.04 Å². The highest BCUT2D eigenvalue weighted by atomic mass is 19.2. The van der Waals surface area contributed by atoms with Gasteiger partial charge in [-0.05, 0) is 48.4 Å². The van der Waals surface area contributed by atoms with Crippen molar-refractivity contribution in [2.75, 3.05) is 6.79 Å². The topological polar surface area (TPSA) is 47.6 Å². The summed E-state index contributed by atoms with van der Waals surface area (Å²) < 4.78 is 36.6. The van der Waals surface area contributed by atoms with Crippen molar-refractivity contribution in [1.29, 1.82) is 0 Å². The lowest BCUT2D eigenvalue weighted by molar-refractivity contribution is -0.117. The molecule has 1 aliphatic heterocycles. The summed E-state index contributed by atoms with van der Waals surface area (Å²) in [6.45, 7) is 1.88. The number of benzene rings is 2. The Morgan fingerprint density at radius 3 is 2.71 bits per heavy atom. The first-order valence-corrected chi connectivity index (χ1v) is 7.36. The maximum absolute atomic E-state index is 13.2. The van der Waals surface area contributed by atoms with E-state index in [4.69, 9.17) is 9.47 Å². The maximum Gasteiger partial charge on any atom is 0.244 e. The van der Waals surface area contributed by atoms with Gasteiger partial charge in [-0.15, -0.1) is 0 Å². The summed E-state index contributed by atoms with van der Waals surface area (Å²) in [7, 11) is 0. The lowest BCUT2D eigenvalue weighted by atomic mass is 10.1. The van der Waals surface area contributed by atoms with Crippen molar-refractivity contribution in [3.63, 3.8) is 0 Å². The Morgan fingerprint density at radius 1 is 1.12 bits per heavy atom. The molecule has 6 heteroatoms. The van der Waals surface area contributed by atoms with E-state index in [0.717, 1.165) is 17.7 Å². The number of carbonyl (C=O) groups is 1. The van der Waals surface area contributed by atoms with Crippen molar-refractivity contribution in [3.05, 3.63) is 65.2 Å². The van der Waals surface area contributed by atoms with E-state index < -0.39 is 17.7 Å². The zero-order valence-corrected chi connectivity index (χ0v) is 12.9. The molecule has 0 saturated carbocycles. The molecular formula is C18H15F2NO3. The number of hydrogen-bond donors (Lipinski definition) is 1. The van der Waals surface area contributed by atoms with E-state index in [-0.39, 0.29) is 12.7 Å². The van der Waals surface area contributed by atoms with Crippen LogP contribution in [0.2, 0.25) is 0 Å². The van der Waals surface area contributed by atoms with Gasteiger partial charge < -0.3 is 14.8 Å². The fourth-order valence-corrected chi connectivity index (χ4v) is 2.32. The third-order valence-corrected chi connectivity index (χ3v) is 3.63. The van der Waals surface area contributed by atoms with E-state index in [1.54, 1.807) is 31.2 Å².